The average molecular weight is 569 g/mol. The van der Waals surface area contributed by atoms with Crippen LogP contribution in [0.2, 0.25) is 0 Å². The molecule has 5 rings (SSSR count). The van der Waals surface area contributed by atoms with Crippen LogP contribution in [0.5, 0.6) is 0 Å². The molecule has 11 nitrogen and oxygen atoms in total. The number of esters is 2. The average Bonchev–Trinajstić information content (AvgIpc) is 3.40. The summed E-state index contributed by atoms with van der Waals surface area (Å²) in [6, 6.07) is 9.20. The number of carbonyl (C=O) groups is 3. The smallest absolute Gasteiger partial charge is 0.334 e. The quantitative estimate of drug-likeness (QED) is 0.265. The van der Waals surface area contributed by atoms with Crippen molar-refractivity contribution in [1.29, 1.82) is 0 Å². The fourth-order valence-corrected chi connectivity index (χ4v) is 5.93. The topological polar surface area (TPSA) is 169 Å². The van der Waals surface area contributed by atoms with E-state index in [-0.39, 0.29) is 24.4 Å². The second-order valence-electron chi connectivity index (χ2n) is 10.6. The first-order chi connectivity index (χ1) is 19.6. The molecule has 4 aliphatic rings. The Kier molecular flexibility index (Phi) is 8.37. The van der Waals surface area contributed by atoms with Crippen molar-refractivity contribution in [3.63, 3.8) is 0 Å². The molecule has 0 spiro atoms. The van der Waals surface area contributed by atoms with E-state index >= 15 is 0 Å². The van der Waals surface area contributed by atoms with Gasteiger partial charge < -0.3 is 39.4 Å². The molecule has 41 heavy (non-hydrogen) atoms. The predicted octanol–water partition coefficient (Wildman–Crippen LogP) is 0.371. The van der Waals surface area contributed by atoms with E-state index in [1.165, 1.54) is 12.2 Å². The van der Waals surface area contributed by atoms with Crippen molar-refractivity contribution in [2.24, 2.45) is 11.8 Å². The molecule has 0 unspecified atom stereocenters. The highest BCUT2D eigenvalue weighted by Crippen LogP contribution is 2.48. The maximum atomic E-state index is 13.2. The minimum absolute atomic E-state index is 0.127. The number of ether oxygens (including phenoxy) is 4. The van der Waals surface area contributed by atoms with Gasteiger partial charge in [-0.05, 0) is 30.2 Å². The summed E-state index contributed by atoms with van der Waals surface area (Å²) in [5.74, 6) is -3.07. The number of fused-ring (bicyclic) bond motifs is 3. The lowest BCUT2D eigenvalue weighted by Crippen LogP contribution is -2.59. The molecule has 1 aromatic carbocycles. The molecule has 9 atom stereocenters. The monoisotopic (exact) mass is 568 g/mol. The van der Waals surface area contributed by atoms with Crippen LogP contribution < -0.4 is 0 Å². The second kappa shape index (κ2) is 11.8. The van der Waals surface area contributed by atoms with Crippen LogP contribution in [0.3, 0.4) is 0 Å². The Morgan fingerprint density at radius 2 is 1.85 bits per heavy atom. The van der Waals surface area contributed by atoms with E-state index in [2.05, 4.69) is 6.58 Å². The molecular weight excluding hydrogens is 536 g/mol. The van der Waals surface area contributed by atoms with Gasteiger partial charge in [0.2, 0.25) is 0 Å². The molecule has 218 valence electrons. The molecular formula is C30H32O11. The van der Waals surface area contributed by atoms with Gasteiger partial charge in [-0.15, -0.1) is 0 Å². The van der Waals surface area contributed by atoms with Gasteiger partial charge >= 0.3 is 11.9 Å². The van der Waals surface area contributed by atoms with Gasteiger partial charge in [0.1, 0.15) is 36.6 Å². The summed E-state index contributed by atoms with van der Waals surface area (Å²) < 4.78 is 22.6. The van der Waals surface area contributed by atoms with Crippen molar-refractivity contribution in [2.45, 2.75) is 56.3 Å². The summed E-state index contributed by atoms with van der Waals surface area (Å²) in [6.45, 7) is 4.77. The van der Waals surface area contributed by atoms with Crippen molar-refractivity contribution < 1.29 is 53.8 Å². The fourth-order valence-electron chi connectivity index (χ4n) is 5.93. The van der Waals surface area contributed by atoms with E-state index in [1.807, 2.05) is 30.3 Å². The number of allylic oxidation sites excluding steroid dienone is 1. The lowest BCUT2D eigenvalue weighted by atomic mass is 9.82. The van der Waals surface area contributed by atoms with Crippen LogP contribution in [-0.2, 0) is 33.3 Å². The summed E-state index contributed by atoms with van der Waals surface area (Å²) in [5.41, 5.74) is 2.41. The summed E-state index contributed by atoms with van der Waals surface area (Å²) in [6.07, 6.45) is -4.66. The van der Waals surface area contributed by atoms with E-state index in [4.69, 9.17) is 18.9 Å². The molecule has 0 aromatic heterocycles. The van der Waals surface area contributed by atoms with E-state index in [0.29, 0.717) is 16.7 Å². The van der Waals surface area contributed by atoms with Crippen LogP contribution in [0.1, 0.15) is 18.9 Å². The Bertz CT molecular complexity index is 1310. The molecule has 2 saturated heterocycles. The zero-order valence-electron chi connectivity index (χ0n) is 22.3. The van der Waals surface area contributed by atoms with E-state index in [9.17, 15) is 34.8 Å². The molecule has 2 aliphatic heterocycles. The van der Waals surface area contributed by atoms with Crippen molar-refractivity contribution in [3.05, 3.63) is 76.9 Å². The standard InChI is InChI=1S/C30H32O11/c1-14-10-19(39-21(33)9-8-16-6-4-3-5-7-16)23-15(2)29(37)41-28(23)24-17(11-18(32)22(14)24)13-38-30-27(36)26(35)25(34)20(12-31)40-30/h3-9,11,19-20,23-28,30-31,34-36H,2,10,12-13H2,1H3/t19-,20+,23+,24-,25+,26-,27+,28-,30-/m0/s1. The molecule has 0 amide bonds. The first-order valence-electron chi connectivity index (χ1n) is 13.3. The van der Waals surface area contributed by atoms with E-state index < -0.39 is 73.3 Å². The Balaban J connectivity index is 1.36. The van der Waals surface area contributed by atoms with Gasteiger partial charge in [0.25, 0.3) is 0 Å². The molecule has 1 aromatic rings. The van der Waals surface area contributed by atoms with Gasteiger partial charge in [-0.2, -0.15) is 0 Å². The number of hydrogen-bond donors (Lipinski definition) is 4. The van der Waals surface area contributed by atoms with Gasteiger partial charge in [0.05, 0.1) is 19.1 Å². The Morgan fingerprint density at radius 3 is 2.56 bits per heavy atom. The number of aliphatic hydroxyl groups excluding tert-OH is 4. The Labute approximate surface area is 236 Å². The summed E-state index contributed by atoms with van der Waals surface area (Å²) in [7, 11) is 0. The highest BCUT2D eigenvalue weighted by Gasteiger charge is 2.55. The minimum atomic E-state index is -1.63. The summed E-state index contributed by atoms with van der Waals surface area (Å²) >= 11 is 0. The van der Waals surface area contributed by atoms with Gasteiger partial charge in [-0.3, -0.25) is 4.79 Å². The number of benzene rings is 1. The third-order valence-electron chi connectivity index (χ3n) is 7.99. The minimum Gasteiger partial charge on any atom is -0.458 e. The van der Waals surface area contributed by atoms with Crippen LogP contribution in [0, 0.1) is 11.8 Å². The highest BCUT2D eigenvalue weighted by atomic mass is 16.7. The normalized spacial score (nSPS) is 35.2. The zero-order chi connectivity index (χ0) is 29.4. The van der Waals surface area contributed by atoms with Crippen LogP contribution in [0.4, 0.5) is 0 Å². The molecule has 2 fully saturated rings. The van der Waals surface area contributed by atoms with E-state index in [1.54, 1.807) is 13.0 Å². The van der Waals surface area contributed by atoms with Gasteiger partial charge in [0, 0.05) is 29.6 Å². The molecule has 0 saturated carbocycles. The van der Waals surface area contributed by atoms with Gasteiger partial charge in [-0.25, -0.2) is 9.59 Å². The highest BCUT2D eigenvalue weighted by molar-refractivity contribution is 6.09. The van der Waals surface area contributed by atoms with Crippen molar-refractivity contribution in [2.75, 3.05) is 13.2 Å². The number of rotatable bonds is 7. The van der Waals surface area contributed by atoms with Crippen molar-refractivity contribution in [3.8, 4) is 0 Å². The molecule has 2 heterocycles. The summed E-state index contributed by atoms with van der Waals surface area (Å²) in [4.78, 5) is 38.6. The SMILES string of the molecule is C=C1C(=O)O[C@@H]2[C@H]3C(CO[C@H]4O[C@H](CO)[C@@H](O)[C@H](O)[C@H]4O)=CC(=O)C3=C(C)C[C@H](OC(=O)C=Cc3ccccc3)[C@@H]12. The fraction of sp³-hybridized carbons (Fsp3) is 0.433. The molecule has 0 radical (unpaired) electrons. The van der Waals surface area contributed by atoms with Gasteiger partial charge in [-0.1, -0.05) is 42.5 Å². The number of carbonyl (C=O) groups excluding carboxylic acids is 3. The zero-order valence-corrected chi connectivity index (χ0v) is 22.3. The summed E-state index contributed by atoms with van der Waals surface area (Å²) in [5, 5.41) is 39.9. The predicted molar refractivity (Wildman–Crippen MR) is 141 cm³/mol. The van der Waals surface area contributed by atoms with Crippen LogP contribution in [-0.4, -0.2) is 94.3 Å². The molecule has 0 bridgehead atoms. The first-order valence-corrected chi connectivity index (χ1v) is 13.3. The van der Waals surface area contributed by atoms with Gasteiger partial charge in [0.15, 0.2) is 12.1 Å². The lowest BCUT2D eigenvalue weighted by molar-refractivity contribution is -0.299. The number of hydrogen-bond acceptors (Lipinski definition) is 11. The molecule has 11 heteroatoms. The van der Waals surface area contributed by atoms with Crippen molar-refractivity contribution in [1.82, 2.24) is 0 Å². The Morgan fingerprint density at radius 1 is 1.12 bits per heavy atom. The number of ketones is 1. The van der Waals surface area contributed by atoms with Crippen LogP contribution in [0.15, 0.2) is 71.4 Å². The van der Waals surface area contributed by atoms with E-state index in [0.717, 1.165) is 5.56 Å². The first kappa shape index (κ1) is 29.1. The maximum absolute atomic E-state index is 13.2. The molecule has 2 aliphatic carbocycles. The Hall–Kier alpha value is -3.45. The maximum Gasteiger partial charge on any atom is 0.334 e. The number of aliphatic hydroxyl groups is 4. The largest absolute Gasteiger partial charge is 0.458 e. The molecule has 4 N–H and O–H groups in total. The van der Waals surface area contributed by atoms with Crippen molar-refractivity contribution >= 4 is 23.8 Å². The third-order valence-corrected chi connectivity index (χ3v) is 7.99. The van der Waals surface area contributed by atoms with Crippen LogP contribution >= 0.6 is 0 Å². The second-order valence-corrected chi connectivity index (χ2v) is 10.6. The third kappa shape index (κ3) is 5.56. The lowest BCUT2D eigenvalue weighted by Gasteiger charge is -2.39. The van der Waals surface area contributed by atoms with Crippen LogP contribution in [0.25, 0.3) is 6.08 Å².